The molecule has 0 aliphatic carbocycles. The SMILES string of the molecule is COc1cc(/C=C/C(=O)N2CCc3cc(OC)c(OC)c(-c4cc(OC)c(OC)c(OC)c4)c3C2)ccc1O. The van der Waals surface area contributed by atoms with E-state index in [2.05, 4.69) is 0 Å². The van der Waals surface area contributed by atoms with Gasteiger partial charge in [0.25, 0.3) is 0 Å². The first kappa shape index (κ1) is 27.5. The van der Waals surface area contributed by atoms with Gasteiger partial charge in [-0.3, -0.25) is 4.79 Å². The van der Waals surface area contributed by atoms with Crippen molar-refractivity contribution in [2.24, 2.45) is 0 Å². The number of phenols is 1. The number of amides is 1. The average Bonchev–Trinajstić information content (AvgIpc) is 2.98. The fourth-order valence-corrected chi connectivity index (χ4v) is 4.80. The number of carbonyl (C=O) groups is 1. The maximum atomic E-state index is 13.3. The third-order valence-corrected chi connectivity index (χ3v) is 6.76. The van der Waals surface area contributed by atoms with Crippen LogP contribution in [0.2, 0.25) is 0 Å². The zero-order valence-corrected chi connectivity index (χ0v) is 23.0. The van der Waals surface area contributed by atoms with Crippen LogP contribution >= 0.6 is 0 Å². The number of methoxy groups -OCH3 is 6. The van der Waals surface area contributed by atoms with Gasteiger partial charge in [-0.15, -0.1) is 0 Å². The molecule has 1 N–H and O–H groups in total. The van der Waals surface area contributed by atoms with Gasteiger partial charge in [0.15, 0.2) is 34.5 Å². The van der Waals surface area contributed by atoms with E-state index in [0.717, 1.165) is 27.8 Å². The first-order valence-corrected chi connectivity index (χ1v) is 12.3. The summed E-state index contributed by atoms with van der Waals surface area (Å²) >= 11 is 0. The first-order valence-electron chi connectivity index (χ1n) is 12.3. The van der Waals surface area contributed by atoms with Gasteiger partial charge in [0, 0.05) is 24.7 Å². The standard InChI is InChI=1S/C30H33NO8/c1-34-23-13-18(7-9-22(23)32)8-10-27(33)31-12-11-19-14-26(37-4)30(39-6)28(21(19)17-31)20-15-24(35-2)29(38-5)25(16-20)36-3/h7-10,13-16,32H,11-12,17H2,1-6H3/b10-8+. The molecule has 0 aromatic heterocycles. The third kappa shape index (κ3) is 5.38. The monoisotopic (exact) mass is 535 g/mol. The smallest absolute Gasteiger partial charge is 0.246 e. The van der Waals surface area contributed by atoms with Crippen LogP contribution in [0.25, 0.3) is 17.2 Å². The maximum absolute atomic E-state index is 13.3. The van der Waals surface area contributed by atoms with Gasteiger partial charge in [-0.2, -0.15) is 0 Å². The highest BCUT2D eigenvalue weighted by molar-refractivity contribution is 5.92. The Hall–Kier alpha value is -4.53. The van der Waals surface area contributed by atoms with Gasteiger partial charge in [0.05, 0.1) is 42.7 Å². The molecule has 0 saturated carbocycles. The van der Waals surface area contributed by atoms with E-state index in [-0.39, 0.29) is 11.7 Å². The summed E-state index contributed by atoms with van der Waals surface area (Å²) in [6, 6.07) is 10.6. The lowest BCUT2D eigenvalue weighted by atomic mass is 9.89. The van der Waals surface area contributed by atoms with E-state index in [4.69, 9.17) is 28.4 Å². The number of carbonyl (C=O) groups excluding carboxylic acids is 1. The Morgan fingerprint density at radius 1 is 0.795 bits per heavy atom. The second kappa shape index (κ2) is 11.9. The minimum atomic E-state index is -0.140. The Bertz CT molecular complexity index is 1370. The first-order chi connectivity index (χ1) is 18.9. The predicted octanol–water partition coefficient (Wildman–Crippen LogP) is 4.71. The number of ether oxygens (including phenoxy) is 6. The Labute approximate surface area is 228 Å². The second-order valence-electron chi connectivity index (χ2n) is 8.81. The normalized spacial score (nSPS) is 12.6. The van der Waals surface area contributed by atoms with Crippen LogP contribution in [0.1, 0.15) is 16.7 Å². The van der Waals surface area contributed by atoms with E-state index < -0.39 is 0 Å². The van der Waals surface area contributed by atoms with Crippen molar-refractivity contribution in [3.8, 4) is 51.4 Å². The number of phenolic OH excluding ortho intramolecular Hbond substituents is 1. The summed E-state index contributed by atoms with van der Waals surface area (Å²) in [5.74, 6) is 2.87. The molecule has 206 valence electrons. The number of nitrogens with zero attached hydrogens (tertiary/aromatic N) is 1. The zero-order valence-electron chi connectivity index (χ0n) is 23.0. The summed E-state index contributed by atoms with van der Waals surface area (Å²) < 4.78 is 33.4. The van der Waals surface area contributed by atoms with E-state index in [9.17, 15) is 9.90 Å². The van der Waals surface area contributed by atoms with E-state index in [1.807, 2.05) is 18.2 Å². The van der Waals surface area contributed by atoms with Crippen molar-refractivity contribution in [3.05, 3.63) is 59.2 Å². The average molecular weight is 536 g/mol. The lowest BCUT2D eigenvalue weighted by Gasteiger charge is -2.31. The highest BCUT2D eigenvalue weighted by atomic mass is 16.5. The van der Waals surface area contributed by atoms with Crippen molar-refractivity contribution >= 4 is 12.0 Å². The van der Waals surface area contributed by atoms with Crippen molar-refractivity contribution in [2.75, 3.05) is 49.2 Å². The molecule has 39 heavy (non-hydrogen) atoms. The number of hydrogen-bond acceptors (Lipinski definition) is 8. The Morgan fingerprint density at radius 2 is 1.41 bits per heavy atom. The predicted molar refractivity (Wildman–Crippen MR) is 147 cm³/mol. The molecule has 0 atom stereocenters. The van der Waals surface area contributed by atoms with Crippen LogP contribution in [0.4, 0.5) is 0 Å². The van der Waals surface area contributed by atoms with Gasteiger partial charge in [0.1, 0.15) is 0 Å². The summed E-state index contributed by atoms with van der Waals surface area (Å²) in [5.41, 5.74) is 4.31. The van der Waals surface area contributed by atoms with Crippen LogP contribution in [0.5, 0.6) is 40.2 Å². The highest BCUT2D eigenvalue weighted by Gasteiger charge is 2.28. The molecular weight excluding hydrogens is 502 g/mol. The minimum Gasteiger partial charge on any atom is -0.504 e. The van der Waals surface area contributed by atoms with Crippen LogP contribution in [0.3, 0.4) is 0 Å². The lowest BCUT2D eigenvalue weighted by Crippen LogP contribution is -2.35. The molecule has 9 nitrogen and oxygen atoms in total. The van der Waals surface area contributed by atoms with E-state index >= 15 is 0 Å². The second-order valence-corrected chi connectivity index (χ2v) is 8.81. The van der Waals surface area contributed by atoms with Crippen molar-refractivity contribution in [2.45, 2.75) is 13.0 Å². The fraction of sp³-hybridized carbons (Fsp3) is 0.300. The molecule has 9 heteroatoms. The van der Waals surface area contributed by atoms with Crippen molar-refractivity contribution < 1.29 is 38.3 Å². The summed E-state index contributed by atoms with van der Waals surface area (Å²) in [5, 5.41) is 9.84. The van der Waals surface area contributed by atoms with Gasteiger partial charge in [-0.25, -0.2) is 0 Å². The lowest BCUT2D eigenvalue weighted by molar-refractivity contribution is -0.126. The van der Waals surface area contributed by atoms with E-state index in [0.29, 0.717) is 54.0 Å². The van der Waals surface area contributed by atoms with Crippen LogP contribution in [-0.2, 0) is 17.8 Å². The summed E-state index contributed by atoms with van der Waals surface area (Å²) in [6.07, 6.45) is 3.87. The Kier molecular flexibility index (Phi) is 8.39. The van der Waals surface area contributed by atoms with Gasteiger partial charge < -0.3 is 38.4 Å². The third-order valence-electron chi connectivity index (χ3n) is 6.76. The summed E-state index contributed by atoms with van der Waals surface area (Å²) in [4.78, 5) is 15.0. The molecule has 0 bridgehead atoms. The summed E-state index contributed by atoms with van der Waals surface area (Å²) in [7, 11) is 9.36. The number of benzene rings is 3. The Balaban J connectivity index is 1.76. The molecule has 1 aliphatic rings. The molecule has 4 rings (SSSR count). The fourth-order valence-electron chi connectivity index (χ4n) is 4.80. The van der Waals surface area contributed by atoms with Crippen molar-refractivity contribution in [3.63, 3.8) is 0 Å². The molecule has 0 spiro atoms. The highest BCUT2D eigenvalue weighted by Crippen LogP contribution is 2.48. The van der Waals surface area contributed by atoms with E-state index in [1.54, 1.807) is 58.7 Å². The molecular formula is C30H33NO8. The number of hydrogen-bond donors (Lipinski definition) is 1. The summed E-state index contributed by atoms with van der Waals surface area (Å²) in [6.45, 7) is 0.906. The molecule has 0 fully saturated rings. The molecule has 0 radical (unpaired) electrons. The van der Waals surface area contributed by atoms with Crippen LogP contribution in [0, 0.1) is 0 Å². The van der Waals surface area contributed by atoms with Gasteiger partial charge >= 0.3 is 0 Å². The van der Waals surface area contributed by atoms with Crippen LogP contribution in [0.15, 0.2) is 42.5 Å². The number of aromatic hydroxyl groups is 1. The van der Waals surface area contributed by atoms with Gasteiger partial charge in [0.2, 0.25) is 11.7 Å². The quantitative estimate of drug-likeness (QED) is 0.394. The van der Waals surface area contributed by atoms with Gasteiger partial charge in [-0.05, 0) is 65.1 Å². The molecule has 0 saturated heterocycles. The largest absolute Gasteiger partial charge is 0.504 e. The van der Waals surface area contributed by atoms with Crippen LogP contribution < -0.4 is 28.4 Å². The molecule has 0 unspecified atom stereocenters. The molecule has 3 aromatic rings. The van der Waals surface area contributed by atoms with E-state index in [1.165, 1.54) is 19.3 Å². The zero-order chi connectivity index (χ0) is 28.1. The molecule has 1 aliphatic heterocycles. The van der Waals surface area contributed by atoms with Crippen molar-refractivity contribution in [1.82, 2.24) is 4.90 Å². The molecule has 1 amide bonds. The molecule has 1 heterocycles. The van der Waals surface area contributed by atoms with Gasteiger partial charge in [-0.1, -0.05) is 6.07 Å². The number of rotatable bonds is 9. The minimum absolute atomic E-state index is 0.0392. The molecule has 3 aromatic carbocycles. The Morgan fingerprint density at radius 3 is 2.00 bits per heavy atom. The van der Waals surface area contributed by atoms with Crippen LogP contribution in [-0.4, -0.2) is 65.1 Å². The topological polar surface area (TPSA) is 95.9 Å². The van der Waals surface area contributed by atoms with Crippen molar-refractivity contribution in [1.29, 1.82) is 0 Å². The maximum Gasteiger partial charge on any atom is 0.246 e. The number of fused-ring (bicyclic) bond motifs is 1.